The molecule has 0 atom stereocenters. The van der Waals surface area contributed by atoms with Crippen molar-refractivity contribution >= 4 is 22.9 Å². The van der Waals surface area contributed by atoms with Crippen molar-refractivity contribution in [2.45, 2.75) is 6.54 Å². The number of amides is 1. The van der Waals surface area contributed by atoms with Crippen LogP contribution in [0.4, 0.5) is 23.2 Å². The van der Waals surface area contributed by atoms with Crippen LogP contribution in [0.1, 0.15) is 15.2 Å². The van der Waals surface area contributed by atoms with Crippen LogP contribution in [0.2, 0.25) is 0 Å². The third-order valence-electron chi connectivity index (χ3n) is 4.31. The molecule has 0 aliphatic carbocycles. The van der Waals surface area contributed by atoms with Crippen molar-refractivity contribution in [1.82, 2.24) is 0 Å². The van der Waals surface area contributed by atoms with Gasteiger partial charge in [0, 0.05) is 16.6 Å². The molecule has 150 valence electrons. The second-order valence-electron chi connectivity index (χ2n) is 6.15. The Hall–Kier alpha value is -3.07. The fourth-order valence-corrected chi connectivity index (χ4v) is 3.61. The van der Waals surface area contributed by atoms with E-state index in [1.165, 1.54) is 17.4 Å². The first-order chi connectivity index (χ1) is 14.0. The highest BCUT2D eigenvalue weighted by Crippen LogP contribution is 2.35. The molecule has 1 aromatic heterocycles. The van der Waals surface area contributed by atoms with Gasteiger partial charge in [-0.25, -0.2) is 17.6 Å². The highest BCUT2D eigenvalue weighted by molar-refractivity contribution is 7.09. The lowest BCUT2D eigenvalue weighted by Gasteiger charge is -2.25. The van der Waals surface area contributed by atoms with Gasteiger partial charge in [-0.2, -0.15) is 0 Å². The van der Waals surface area contributed by atoms with Crippen molar-refractivity contribution in [3.8, 4) is 11.5 Å². The topological polar surface area (TPSA) is 38.8 Å². The molecule has 0 spiro atoms. The lowest BCUT2D eigenvalue weighted by atomic mass is 10.1. The van der Waals surface area contributed by atoms with Crippen LogP contribution >= 0.6 is 11.3 Å². The minimum absolute atomic E-state index is 0.0101. The number of thiophene rings is 1. The van der Waals surface area contributed by atoms with E-state index < -0.39 is 34.7 Å². The third-order valence-corrected chi connectivity index (χ3v) is 5.17. The predicted octanol–water partition coefficient (Wildman–Crippen LogP) is 4.92. The minimum atomic E-state index is -2.04. The molecule has 9 heteroatoms. The van der Waals surface area contributed by atoms with Gasteiger partial charge in [-0.3, -0.25) is 4.79 Å². The molecule has 29 heavy (non-hydrogen) atoms. The summed E-state index contributed by atoms with van der Waals surface area (Å²) < 4.78 is 65.9. The maximum atomic E-state index is 14.2. The van der Waals surface area contributed by atoms with E-state index in [0.29, 0.717) is 36.5 Å². The number of halogens is 4. The maximum absolute atomic E-state index is 14.2. The van der Waals surface area contributed by atoms with Gasteiger partial charge in [0.1, 0.15) is 13.2 Å². The number of rotatable bonds is 4. The van der Waals surface area contributed by atoms with E-state index in [-0.39, 0.29) is 6.54 Å². The third kappa shape index (κ3) is 3.65. The lowest BCUT2D eigenvalue weighted by Crippen LogP contribution is -2.31. The summed E-state index contributed by atoms with van der Waals surface area (Å²) in [6.07, 6.45) is 0. The Morgan fingerprint density at radius 3 is 2.45 bits per heavy atom. The van der Waals surface area contributed by atoms with Crippen molar-refractivity contribution in [3.05, 3.63) is 75.5 Å². The Kier molecular flexibility index (Phi) is 5.14. The van der Waals surface area contributed by atoms with E-state index in [1.807, 2.05) is 0 Å². The highest BCUT2D eigenvalue weighted by Gasteiger charge is 2.28. The number of hydrogen-bond donors (Lipinski definition) is 0. The van der Waals surface area contributed by atoms with E-state index in [4.69, 9.17) is 9.47 Å². The molecule has 0 unspecified atom stereocenters. The van der Waals surface area contributed by atoms with Crippen LogP contribution in [0, 0.1) is 23.3 Å². The number of fused-ring (bicyclic) bond motifs is 1. The predicted molar refractivity (Wildman–Crippen MR) is 98.5 cm³/mol. The molecule has 4 rings (SSSR count). The van der Waals surface area contributed by atoms with Gasteiger partial charge in [-0.1, -0.05) is 6.07 Å². The molecule has 0 fully saturated rings. The Labute approximate surface area is 166 Å². The van der Waals surface area contributed by atoms with Crippen molar-refractivity contribution in [3.63, 3.8) is 0 Å². The molecule has 0 saturated carbocycles. The largest absolute Gasteiger partial charge is 0.486 e. The van der Waals surface area contributed by atoms with E-state index in [2.05, 4.69) is 0 Å². The first kappa shape index (κ1) is 19.3. The molecule has 2 aromatic carbocycles. The molecule has 0 saturated heterocycles. The van der Waals surface area contributed by atoms with Gasteiger partial charge in [0.2, 0.25) is 0 Å². The molecular formula is C20H13F4NO3S. The summed E-state index contributed by atoms with van der Waals surface area (Å²) in [5.74, 6) is -7.56. The van der Waals surface area contributed by atoms with Crippen LogP contribution < -0.4 is 14.4 Å². The lowest BCUT2D eigenvalue weighted by molar-refractivity contribution is 0.0979. The molecule has 0 bridgehead atoms. The Morgan fingerprint density at radius 2 is 1.72 bits per heavy atom. The average Bonchev–Trinajstić information content (AvgIpc) is 3.25. The van der Waals surface area contributed by atoms with Crippen LogP contribution in [0.15, 0.2) is 41.8 Å². The average molecular weight is 423 g/mol. The van der Waals surface area contributed by atoms with Crippen LogP contribution in [-0.4, -0.2) is 19.1 Å². The number of benzene rings is 2. The number of ether oxygens (including phenoxy) is 2. The summed E-state index contributed by atoms with van der Waals surface area (Å²) >= 11 is 1.35. The molecule has 1 aliphatic heterocycles. The summed E-state index contributed by atoms with van der Waals surface area (Å²) in [4.78, 5) is 14.9. The van der Waals surface area contributed by atoms with Gasteiger partial charge < -0.3 is 14.4 Å². The second kappa shape index (κ2) is 7.75. The SMILES string of the molecule is O=C(c1cc(F)c(F)c(F)c1F)N(Cc1cccs1)c1ccc2c(c1)OCCO2. The summed E-state index contributed by atoms with van der Waals surface area (Å²) in [5.41, 5.74) is -0.606. The van der Waals surface area contributed by atoms with Crippen molar-refractivity contribution in [2.24, 2.45) is 0 Å². The van der Waals surface area contributed by atoms with Gasteiger partial charge >= 0.3 is 0 Å². The highest BCUT2D eigenvalue weighted by atomic mass is 32.1. The van der Waals surface area contributed by atoms with E-state index in [9.17, 15) is 22.4 Å². The Bertz CT molecular complexity index is 1070. The molecule has 0 radical (unpaired) electrons. The summed E-state index contributed by atoms with van der Waals surface area (Å²) in [5, 5.41) is 1.79. The maximum Gasteiger partial charge on any atom is 0.261 e. The normalized spacial score (nSPS) is 12.7. The number of carbonyl (C=O) groups excluding carboxylic acids is 1. The minimum Gasteiger partial charge on any atom is -0.486 e. The van der Waals surface area contributed by atoms with Crippen molar-refractivity contribution in [2.75, 3.05) is 18.1 Å². The molecule has 2 heterocycles. The van der Waals surface area contributed by atoms with Gasteiger partial charge in [-0.05, 0) is 29.6 Å². The van der Waals surface area contributed by atoms with Crippen LogP contribution in [0.5, 0.6) is 11.5 Å². The molecule has 4 nitrogen and oxygen atoms in total. The van der Waals surface area contributed by atoms with Gasteiger partial charge in [0.05, 0.1) is 12.1 Å². The molecule has 1 aliphatic rings. The van der Waals surface area contributed by atoms with Gasteiger partial charge in [0.25, 0.3) is 5.91 Å². The quantitative estimate of drug-likeness (QED) is 0.340. The van der Waals surface area contributed by atoms with Crippen LogP contribution in [0.3, 0.4) is 0 Å². The standard InChI is InChI=1S/C20H13F4NO3S/c21-14-9-13(17(22)19(24)18(14)23)20(26)25(10-12-2-1-7-29-12)11-3-4-15-16(8-11)28-6-5-27-15/h1-4,7-9H,5-6,10H2. The first-order valence-electron chi connectivity index (χ1n) is 8.52. The Balaban J connectivity index is 1.78. The fraction of sp³-hybridized carbons (Fsp3) is 0.150. The van der Waals surface area contributed by atoms with E-state index in [1.54, 1.807) is 29.6 Å². The van der Waals surface area contributed by atoms with Gasteiger partial charge in [0.15, 0.2) is 34.8 Å². The van der Waals surface area contributed by atoms with Crippen LogP contribution in [-0.2, 0) is 6.54 Å². The zero-order chi connectivity index (χ0) is 20.5. The number of nitrogens with zero attached hydrogens (tertiary/aromatic N) is 1. The number of anilines is 1. The monoisotopic (exact) mass is 423 g/mol. The fourth-order valence-electron chi connectivity index (χ4n) is 2.91. The molecular weight excluding hydrogens is 410 g/mol. The zero-order valence-electron chi connectivity index (χ0n) is 14.8. The van der Waals surface area contributed by atoms with Crippen molar-refractivity contribution in [1.29, 1.82) is 0 Å². The first-order valence-corrected chi connectivity index (χ1v) is 9.40. The number of carbonyl (C=O) groups is 1. The molecule has 3 aromatic rings. The van der Waals surface area contributed by atoms with E-state index in [0.717, 1.165) is 9.78 Å². The molecule has 0 N–H and O–H groups in total. The summed E-state index contributed by atoms with van der Waals surface area (Å²) in [6, 6.07) is 8.53. The summed E-state index contributed by atoms with van der Waals surface area (Å²) in [7, 11) is 0. The summed E-state index contributed by atoms with van der Waals surface area (Å²) in [6.45, 7) is 0.706. The van der Waals surface area contributed by atoms with Crippen molar-refractivity contribution < 1.29 is 31.8 Å². The zero-order valence-corrected chi connectivity index (χ0v) is 15.6. The van der Waals surface area contributed by atoms with E-state index >= 15 is 0 Å². The molecule has 1 amide bonds. The van der Waals surface area contributed by atoms with Crippen LogP contribution in [0.25, 0.3) is 0 Å². The number of hydrogen-bond acceptors (Lipinski definition) is 4. The Morgan fingerprint density at radius 1 is 0.966 bits per heavy atom. The second-order valence-corrected chi connectivity index (χ2v) is 7.18. The van der Waals surface area contributed by atoms with Gasteiger partial charge in [-0.15, -0.1) is 11.3 Å². The smallest absolute Gasteiger partial charge is 0.261 e.